The van der Waals surface area contributed by atoms with Gasteiger partial charge in [0.05, 0.1) is 6.42 Å². The van der Waals surface area contributed by atoms with E-state index in [4.69, 9.17) is 0 Å². The van der Waals surface area contributed by atoms with E-state index in [0.717, 1.165) is 12.8 Å². The maximum Gasteiger partial charge on any atom is 0.170 e. The number of carbonyl (C=O) groups is 2. The van der Waals surface area contributed by atoms with Gasteiger partial charge >= 0.3 is 0 Å². The minimum atomic E-state index is -0.392. The molecule has 1 aromatic rings. The zero-order valence-electron chi connectivity index (χ0n) is 13.7. The monoisotopic (exact) mass is 288 g/mol. The zero-order valence-corrected chi connectivity index (χ0v) is 13.7. The topological polar surface area (TPSA) is 34.1 Å². The summed E-state index contributed by atoms with van der Waals surface area (Å²) >= 11 is 0. The molecule has 0 heterocycles. The van der Waals surface area contributed by atoms with Gasteiger partial charge in [-0.2, -0.15) is 0 Å². The molecule has 0 saturated carbocycles. The molecule has 0 bridgehead atoms. The molecule has 0 N–H and O–H groups in total. The van der Waals surface area contributed by atoms with Crippen LogP contribution in [0.3, 0.4) is 0 Å². The molecule has 2 nitrogen and oxygen atoms in total. The van der Waals surface area contributed by atoms with Gasteiger partial charge in [-0.15, -0.1) is 0 Å². The lowest BCUT2D eigenvalue weighted by molar-refractivity contribution is -0.126. The van der Waals surface area contributed by atoms with Crippen LogP contribution in [0, 0.1) is 5.41 Å². The van der Waals surface area contributed by atoms with Crippen LogP contribution >= 0.6 is 0 Å². The predicted molar refractivity (Wildman–Crippen MR) is 87.6 cm³/mol. The fourth-order valence-corrected chi connectivity index (χ4v) is 2.42. The van der Waals surface area contributed by atoms with Gasteiger partial charge in [0, 0.05) is 11.0 Å². The molecule has 0 fully saturated rings. The average molecular weight is 288 g/mol. The Kier molecular flexibility index (Phi) is 7.35. The van der Waals surface area contributed by atoms with Crippen molar-refractivity contribution in [3.8, 4) is 0 Å². The minimum Gasteiger partial charge on any atom is -0.299 e. The number of unbranched alkanes of at least 4 members (excludes halogenated alkanes) is 4. The third kappa shape index (κ3) is 6.24. The Hall–Kier alpha value is -1.44. The second-order valence-electron chi connectivity index (χ2n) is 6.44. The van der Waals surface area contributed by atoms with Gasteiger partial charge in [-0.05, 0) is 6.42 Å². The van der Waals surface area contributed by atoms with Crippen molar-refractivity contribution in [1.82, 2.24) is 0 Å². The van der Waals surface area contributed by atoms with Gasteiger partial charge in [0.1, 0.15) is 5.78 Å². The summed E-state index contributed by atoms with van der Waals surface area (Å²) in [6.07, 6.45) is 6.87. The molecule has 116 valence electrons. The molecule has 1 rings (SSSR count). The Morgan fingerprint density at radius 1 is 0.952 bits per heavy atom. The Bertz CT molecular complexity index is 446. The van der Waals surface area contributed by atoms with Crippen molar-refractivity contribution in [2.24, 2.45) is 5.41 Å². The highest BCUT2D eigenvalue weighted by molar-refractivity contribution is 6.09. The lowest BCUT2D eigenvalue weighted by Crippen LogP contribution is -2.26. The molecule has 2 heteroatoms. The fourth-order valence-electron chi connectivity index (χ4n) is 2.42. The van der Waals surface area contributed by atoms with Crippen LogP contribution < -0.4 is 0 Å². The summed E-state index contributed by atoms with van der Waals surface area (Å²) in [5.41, 5.74) is 0.237. The van der Waals surface area contributed by atoms with Crippen LogP contribution in [-0.2, 0) is 4.79 Å². The molecule has 0 saturated heterocycles. The van der Waals surface area contributed by atoms with Crippen molar-refractivity contribution in [1.29, 1.82) is 0 Å². The summed E-state index contributed by atoms with van der Waals surface area (Å²) in [6.45, 7) is 6.13. The Morgan fingerprint density at radius 2 is 1.57 bits per heavy atom. The maximum atomic E-state index is 12.3. The van der Waals surface area contributed by atoms with E-state index in [1.165, 1.54) is 25.7 Å². The standard InChI is InChI=1S/C19H28O2/c1-4-5-6-7-11-14-19(2,3)18(21)15-17(20)16-12-9-8-10-13-16/h8-10,12-13H,4-7,11,14-15H2,1-3H3. The molecule has 0 atom stereocenters. The number of hydrogen-bond acceptors (Lipinski definition) is 2. The summed E-state index contributed by atoms with van der Waals surface area (Å²) in [5.74, 6) is -0.00787. The van der Waals surface area contributed by atoms with E-state index in [-0.39, 0.29) is 18.0 Å². The number of rotatable bonds is 10. The van der Waals surface area contributed by atoms with Crippen molar-refractivity contribution in [3.63, 3.8) is 0 Å². The number of benzene rings is 1. The highest BCUT2D eigenvalue weighted by atomic mass is 16.1. The Balaban J connectivity index is 2.43. The summed E-state index contributed by atoms with van der Waals surface area (Å²) in [6, 6.07) is 9.08. The first kappa shape index (κ1) is 17.6. The van der Waals surface area contributed by atoms with Gasteiger partial charge in [0.2, 0.25) is 0 Å². The van der Waals surface area contributed by atoms with Crippen LogP contribution in [0.4, 0.5) is 0 Å². The smallest absolute Gasteiger partial charge is 0.170 e. The van der Waals surface area contributed by atoms with Crippen molar-refractivity contribution < 1.29 is 9.59 Å². The fraction of sp³-hybridized carbons (Fsp3) is 0.579. The first-order chi connectivity index (χ1) is 9.97. The van der Waals surface area contributed by atoms with Gasteiger partial charge in [-0.1, -0.05) is 83.2 Å². The minimum absolute atomic E-state index is 0.0198. The Morgan fingerprint density at radius 3 is 2.19 bits per heavy atom. The van der Waals surface area contributed by atoms with Crippen LogP contribution in [0.1, 0.15) is 76.1 Å². The van der Waals surface area contributed by atoms with E-state index < -0.39 is 5.41 Å². The van der Waals surface area contributed by atoms with Crippen molar-refractivity contribution >= 4 is 11.6 Å². The summed E-state index contributed by atoms with van der Waals surface area (Å²) in [4.78, 5) is 24.4. The highest BCUT2D eigenvalue weighted by Crippen LogP contribution is 2.27. The molecule has 0 spiro atoms. The van der Waals surface area contributed by atoms with Crippen molar-refractivity contribution in [2.75, 3.05) is 0 Å². The molecule has 0 amide bonds. The van der Waals surface area contributed by atoms with E-state index in [0.29, 0.717) is 5.56 Å². The van der Waals surface area contributed by atoms with Crippen LogP contribution in [0.2, 0.25) is 0 Å². The molecular weight excluding hydrogens is 260 g/mol. The molecule has 0 unspecified atom stereocenters. The number of carbonyl (C=O) groups excluding carboxylic acids is 2. The molecule has 0 radical (unpaired) electrons. The lowest BCUT2D eigenvalue weighted by atomic mass is 9.80. The highest BCUT2D eigenvalue weighted by Gasteiger charge is 2.28. The average Bonchev–Trinajstić information content (AvgIpc) is 2.47. The molecule has 0 aliphatic heterocycles. The SMILES string of the molecule is CCCCCCCC(C)(C)C(=O)CC(=O)c1ccccc1. The first-order valence-corrected chi connectivity index (χ1v) is 8.09. The predicted octanol–water partition coefficient (Wildman–Crippen LogP) is 5.22. The van der Waals surface area contributed by atoms with Gasteiger partial charge in [-0.3, -0.25) is 9.59 Å². The van der Waals surface area contributed by atoms with E-state index in [1.807, 2.05) is 32.0 Å². The third-order valence-corrected chi connectivity index (χ3v) is 4.08. The molecule has 0 aliphatic rings. The number of hydrogen-bond donors (Lipinski definition) is 0. The van der Waals surface area contributed by atoms with Crippen molar-refractivity contribution in [2.45, 2.75) is 65.7 Å². The molecule has 0 aromatic heterocycles. The van der Waals surface area contributed by atoms with Crippen LogP contribution in [0.5, 0.6) is 0 Å². The Labute approximate surface area is 128 Å². The largest absolute Gasteiger partial charge is 0.299 e. The third-order valence-electron chi connectivity index (χ3n) is 4.08. The first-order valence-electron chi connectivity index (χ1n) is 8.09. The van der Waals surface area contributed by atoms with E-state index in [1.54, 1.807) is 12.1 Å². The van der Waals surface area contributed by atoms with Crippen LogP contribution in [0.15, 0.2) is 30.3 Å². The molecule has 0 aliphatic carbocycles. The summed E-state index contributed by atoms with van der Waals surface area (Å²) < 4.78 is 0. The van der Waals surface area contributed by atoms with Crippen LogP contribution in [-0.4, -0.2) is 11.6 Å². The lowest BCUT2D eigenvalue weighted by Gasteiger charge is -2.22. The second-order valence-corrected chi connectivity index (χ2v) is 6.44. The van der Waals surface area contributed by atoms with Gasteiger partial charge in [-0.25, -0.2) is 0 Å². The quantitative estimate of drug-likeness (QED) is 0.336. The number of ketones is 2. The van der Waals surface area contributed by atoms with Crippen molar-refractivity contribution in [3.05, 3.63) is 35.9 Å². The van der Waals surface area contributed by atoms with E-state index in [9.17, 15) is 9.59 Å². The maximum absolute atomic E-state index is 12.3. The number of Topliss-reactive ketones (excluding diaryl/α,β-unsaturated/α-hetero) is 2. The van der Waals surface area contributed by atoms with Gasteiger partial charge in [0.25, 0.3) is 0 Å². The summed E-state index contributed by atoms with van der Waals surface area (Å²) in [5, 5.41) is 0. The molecular formula is C19H28O2. The van der Waals surface area contributed by atoms with E-state index >= 15 is 0 Å². The summed E-state index contributed by atoms with van der Waals surface area (Å²) in [7, 11) is 0. The van der Waals surface area contributed by atoms with Gasteiger partial charge in [0.15, 0.2) is 5.78 Å². The van der Waals surface area contributed by atoms with Gasteiger partial charge < -0.3 is 0 Å². The molecule has 1 aromatic carbocycles. The zero-order chi connectivity index (χ0) is 15.7. The van der Waals surface area contributed by atoms with Crippen LogP contribution in [0.25, 0.3) is 0 Å². The van der Waals surface area contributed by atoms with E-state index in [2.05, 4.69) is 6.92 Å². The molecule has 21 heavy (non-hydrogen) atoms. The second kappa shape index (κ2) is 8.76. The normalized spacial score (nSPS) is 11.4.